The molecule has 0 aromatic carbocycles. The van der Waals surface area contributed by atoms with Crippen molar-refractivity contribution in [2.45, 2.75) is 23.2 Å². The molecule has 0 nitrogen and oxygen atoms in total. The van der Waals surface area contributed by atoms with Crippen LogP contribution in [0, 0.1) is 0 Å². The molecule has 1 unspecified atom stereocenters. The van der Waals surface area contributed by atoms with Crippen molar-refractivity contribution in [3.8, 4) is 0 Å². The van der Waals surface area contributed by atoms with Crippen molar-refractivity contribution in [2.75, 3.05) is 0 Å². The zero-order valence-electron chi connectivity index (χ0n) is 5.49. The van der Waals surface area contributed by atoms with Gasteiger partial charge in [-0.25, -0.2) is 0 Å². The van der Waals surface area contributed by atoms with E-state index in [1.165, 1.54) is 0 Å². The Balaban J connectivity index is 2.49. The van der Waals surface area contributed by atoms with Crippen LogP contribution in [0.3, 0.4) is 0 Å². The third-order valence-corrected chi connectivity index (χ3v) is 12.1. The third kappa shape index (κ3) is 2.80. The molecule has 1 aliphatic carbocycles. The van der Waals surface area contributed by atoms with E-state index in [4.69, 9.17) is 26.8 Å². The first-order valence-electron chi connectivity index (χ1n) is 3.32. The number of hydrogen-bond donors (Lipinski definition) is 0. The SMILES string of the molecule is [Cl][Sn]([Cl])([Cl])[CH]1CC=CCC1. The van der Waals surface area contributed by atoms with E-state index in [2.05, 4.69) is 12.2 Å². The van der Waals surface area contributed by atoms with E-state index in [1.807, 2.05) is 0 Å². The van der Waals surface area contributed by atoms with Crippen LogP contribution in [0.2, 0.25) is 3.93 Å². The summed E-state index contributed by atoms with van der Waals surface area (Å²) in [5.41, 5.74) is 0. The topological polar surface area (TPSA) is 0 Å². The van der Waals surface area contributed by atoms with Crippen molar-refractivity contribution in [3.63, 3.8) is 0 Å². The second kappa shape index (κ2) is 3.88. The predicted octanol–water partition coefficient (Wildman–Crippen LogP) is 3.75. The summed E-state index contributed by atoms with van der Waals surface area (Å²) in [6, 6.07) is 0. The monoisotopic (exact) mass is 306 g/mol. The molecule has 0 amide bonds. The van der Waals surface area contributed by atoms with Crippen molar-refractivity contribution in [3.05, 3.63) is 12.2 Å². The maximum absolute atomic E-state index is 5.92. The minimum atomic E-state index is -3.07. The van der Waals surface area contributed by atoms with E-state index < -0.39 is 15.0 Å². The molecule has 4 heteroatoms. The summed E-state index contributed by atoms with van der Waals surface area (Å²) >= 11 is -3.07. The molecule has 0 aromatic heterocycles. The van der Waals surface area contributed by atoms with Crippen LogP contribution in [0.15, 0.2) is 12.2 Å². The van der Waals surface area contributed by atoms with Crippen LogP contribution in [-0.4, -0.2) is 15.0 Å². The summed E-state index contributed by atoms with van der Waals surface area (Å²) in [5, 5.41) is 0. The van der Waals surface area contributed by atoms with Crippen molar-refractivity contribution in [1.82, 2.24) is 0 Å². The molecule has 1 atom stereocenters. The molecule has 0 radical (unpaired) electrons. The van der Waals surface area contributed by atoms with Crippen LogP contribution >= 0.6 is 26.8 Å². The van der Waals surface area contributed by atoms with Crippen molar-refractivity contribution in [2.24, 2.45) is 0 Å². The normalized spacial score (nSPS) is 26.9. The second-order valence-corrected chi connectivity index (χ2v) is 23.8. The zero-order chi connectivity index (χ0) is 7.61. The van der Waals surface area contributed by atoms with Crippen LogP contribution in [0.5, 0.6) is 0 Å². The zero-order valence-corrected chi connectivity index (χ0v) is 10.6. The van der Waals surface area contributed by atoms with Crippen molar-refractivity contribution < 1.29 is 0 Å². The van der Waals surface area contributed by atoms with Gasteiger partial charge in [0.25, 0.3) is 0 Å². The number of rotatable bonds is 1. The van der Waals surface area contributed by atoms with Gasteiger partial charge >= 0.3 is 77.1 Å². The third-order valence-electron chi connectivity index (χ3n) is 1.73. The molecule has 0 bridgehead atoms. The number of halogens is 3. The molecule has 1 rings (SSSR count). The molecule has 0 aromatic rings. The fourth-order valence-corrected chi connectivity index (χ4v) is 7.64. The summed E-state index contributed by atoms with van der Waals surface area (Å²) in [7, 11) is 17.8. The fourth-order valence-electron chi connectivity index (χ4n) is 1.09. The Morgan fingerprint density at radius 1 is 1.20 bits per heavy atom. The molecule has 0 N–H and O–H groups in total. The molecule has 0 fully saturated rings. The van der Waals surface area contributed by atoms with Crippen LogP contribution < -0.4 is 0 Å². The average molecular weight is 306 g/mol. The van der Waals surface area contributed by atoms with Gasteiger partial charge in [0, 0.05) is 0 Å². The first-order valence-corrected chi connectivity index (χ1v) is 15.8. The van der Waals surface area contributed by atoms with Crippen molar-refractivity contribution in [1.29, 1.82) is 0 Å². The Bertz CT molecular complexity index is 138. The Morgan fingerprint density at radius 2 is 1.90 bits per heavy atom. The summed E-state index contributed by atoms with van der Waals surface area (Å²) in [4.78, 5) is 0. The van der Waals surface area contributed by atoms with Crippen LogP contribution in [0.1, 0.15) is 19.3 Å². The van der Waals surface area contributed by atoms with Crippen LogP contribution in [-0.2, 0) is 0 Å². The average Bonchev–Trinajstić information content (AvgIpc) is 1.88. The van der Waals surface area contributed by atoms with Crippen LogP contribution in [0.4, 0.5) is 0 Å². The van der Waals surface area contributed by atoms with Crippen LogP contribution in [0.25, 0.3) is 0 Å². The van der Waals surface area contributed by atoms with Crippen molar-refractivity contribution >= 4 is 41.8 Å². The summed E-state index contributed by atoms with van der Waals surface area (Å²) in [6.45, 7) is 0. The fraction of sp³-hybridized carbons (Fsp3) is 0.667. The van der Waals surface area contributed by atoms with Gasteiger partial charge in [0.15, 0.2) is 0 Å². The van der Waals surface area contributed by atoms with E-state index in [-0.39, 0.29) is 0 Å². The number of allylic oxidation sites excluding steroid dienone is 2. The second-order valence-electron chi connectivity index (χ2n) is 2.52. The molecule has 1 aliphatic rings. The van der Waals surface area contributed by atoms with Gasteiger partial charge in [-0.1, -0.05) is 0 Å². The minimum absolute atomic E-state index is 0.421. The molecule has 10 heavy (non-hydrogen) atoms. The van der Waals surface area contributed by atoms with Gasteiger partial charge in [-0.15, -0.1) is 0 Å². The van der Waals surface area contributed by atoms with Gasteiger partial charge in [-0.05, 0) is 0 Å². The molecule has 0 aliphatic heterocycles. The van der Waals surface area contributed by atoms with Gasteiger partial charge in [0.1, 0.15) is 0 Å². The Labute approximate surface area is 76.6 Å². The van der Waals surface area contributed by atoms with Gasteiger partial charge in [-0.3, -0.25) is 0 Å². The molecular formula is C6H9Cl3Sn. The predicted molar refractivity (Wildman–Crippen MR) is 50.1 cm³/mol. The first kappa shape index (κ1) is 9.50. The van der Waals surface area contributed by atoms with Gasteiger partial charge in [0.05, 0.1) is 0 Å². The molecule has 0 heterocycles. The first-order chi connectivity index (χ1) is 4.61. The van der Waals surface area contributed by atoms with Gasteiger partial charge < -0.3 is 0 Å². The Hall–Kier alpha value is 1.41. The summed E-state index contributed by atoms with van der Waals surface area (Å²) in [6.07, 6.45) is 7.47. The maximum atomic E-state index is 5.92. The van der Waals surface area contributed by atoms with E-state index in [9.17, 15) is 0 Å². The summed E-state index contributed by atoms with van der Waals surface area (Å²) < 4.78 is 0.421. The molecule has 0 saturated heterocycles. The number of hydrogen-bond acceptors (Lipinski definition) is 0. The molecule has 0 spiro atoms. The summed E-state index contributed by atoms with van der Waals surface area (Å²) in [5.74, 6) is 0. The molecule has 58 valence electrons. The van der Waals surface area contributed by atoms with E-state index in [0.717, 1.165) is 19.3 Å². The van der Waals surface area contributed by atoms with E-state index in [1.54, 1.807) is 0 Å². The molecule has 0 saturated carbocycles. The Morgan fingerprint density at radius 3 is 2.20 bits per heavy atom. The van der Waals surface area contributed by atoms with E-state index >= 15 is 0 Å². The van der Waals surface area contributed by atoms with E-state index in [0.29, 0.717) is 3.93 Å². The van der Waals surface area contributed by atoms with Gasteiger partial charge in [-0.2, -0.15) is 0 Å². The molecular weight excluding hydrogens is 297 g/mol. The Kier molecular flexibility index (Phi) is 3.69. The standard InChI is InChI=1S/C6H9.3ClH.Sn/c1-2-4-6-5-3-1;;;;/h1-2,5H,3-4,6H2;3*1H;/q;;;;+3/p-3. The van der Waals surface area contributed by atoms with Gasteiger partial charge in [0.2, 0.25) is 0 Å². The quantitative estimate of drug-likeness (QED) is 0.511.